The summed E-state index contributed by atoms with van der Waals surface area (Å²) in [5.41, 5.74) is 0.445. The van der Waals surface area contributed by atoms with E-state index in [9.17, 15) is 23.8 Å². The summed E-state index contributed by atoms with van der Waals surface area (Å²) >= 11 is 0. The summed E-state index contributed by atoms with van der Waals surface area (Å²) in [6.45, 7) is 2.73. The van der Waals surface area contributed by atoms with Crippen molar-refractivity contribution in [2.24, 2.45) is 0 Å². The van der Waals surface area contributed by atoms with E-state index < -0.39 is 23.3 Å². The van der Waals surface area contributed by atoms with Crippen LogP contribution in [0.5, 0.6) is 5.75 Å². The Morgan fingerprint density at radius 3 is 2.36 bits per heavy atom. The number of β-amino-alcohol motifs (C(OH)–C–C–N with tert-alkyl or cyclic N) is 1. The first-order valence-electron chi connectivity index (χ1n) is 12.5. The first-order valence-corrected chi connectivity index (χ1v) is 12.5. The third-order valence-electron chi connectivity index (χ3n) is 7.53. The topological polar surface area (TPSA) is 73.2 Å². The Bertz CT molecular complexity index is 1060. The fourth-order valence-electron chi connectivity index (χ4n) is 5.08. The van der Waals surface area contributed by atoms with Crippen molar-refractivity contribution in [1.29, 1.82) is 0 Å². The lowest BCUT2D eigenvalue weighted by Gasteiger charge is -2.43. The first-order chi connectivity index (χ1) is 17.3. The molecule has 8 heteroatoms. The molecule has 0 aliphatic carbocycles. The Morgan fingerprint density at radius 2 is 1.75 bits per heavy atom. The molecule has 2 saturated heterocycles. The van der Waals surface area contributed by atoms with Crippen LogP contribution < -0.4 is 4.74 Å². The highest BCUT2D eigenvalue weighted by Crippen LogP contribution is 2.31. The van der Waals surface area contributed by atoms with E-state index in [1.807, 2.05) is 12.1 Å². The van der Waals surface area contributed by atoms with Gasteiger partial charge >= 0.3 is 0 Å². The van der Waals surface area contributed by atoms with Gasteiger partial charge in [0, 0.05) is 25.7 Å². The highest BCUT2D eigenvalue weighted by molar-refractivity contribution is 5.91. The maximum Gasteiger partial charge on any atom is 0.246 e. The fraction of sp³-hybridized carbons (Fsp3) is 0.464. The van der Waals surface area contributed by atoms with Crippen molar-refractivity contribution >= 4 is 12.0 Å². The Hall–Kier alpha value is -2.81. The Balaban J connectivity index is 1.23. The minimum absolute atomic E-state index is 0.267. The van der Waals surface area contributed by atoms with E-state index in [1.165, 1.54) is 23.8 Å². The molecule has 0 aromatic heterocycles. The smallest absolute Gasteiger partial charge is 0.246 e. The molecule has 0 saturated carbocycles. The molecule has 2 aliphatic rings. The van der Waals surface area contributed by atoms with E-state index in [0.29, 0.717) is 31.1 Å². The van der Waals surface area contributed by atoms with Crippen molar-refractivity contribution in [2.75, 3.05) is 39.8 Å². The van der Waals surface area contributed by atoms with Gasteiger partial charge in [-0.15, -0.1) is 0 Å². The number of ether oxygens (including phenoxy) is 1. The van der Waals surface area contributed by atoms with Gasteiger partial charge in [0.05, 0.1) is 18.8 Å². The minimum atomic E-state index is -1.24. The SMILES string of the molecule is COc1ccc(C2CCN(CC(O)C3(O)CCN(C(=O)C=Cc4ccc(F)c(F)c4)CC3)CC2)cc1. The average molecular weight is 501 g/mol. The van der Waals surface area contributed by atoms with Crippen LogP contribution in [0.15, 0.2) is 48.5 Å². The molecule has 2 aliphatic heterocycles. The largest absolute Gasteiger partial charge is 0.497 e. The normalized spacial score (nSPS) is 20.0. The zero-order valence-corrected chi connectivity index (χ0v) is 20.6. The van der Waals surface area contributed by atoms with Gasteiger partial charge in [-0.05, 0) is 86.2 Å². The standard InChI is InChI=1S/C28H34F2N2O4/c1-36-23-6-4-21(5-7-23)22-10-14-31(15-11-22)19-26(33)28(35)12-16-32(17-13-28)27(34)9-3-20-2-8-24(29)25(30)18-20/h2-9,18,22,26,33,35H,10-17,19H2,1H3. The van der Waals surface area contributed by atoms with Crippen molar-refractivity contribution in [3.8, 4) is 5.75 Å². The molecule has 0 radical (unpaired) electrons. The van der Waals surface area contributed by atoms with Crippen LogP contribution in [0.1, 0.15) is 42.7 Å². The fourth-order valence-corrected chi connectivity index (χ4v) is 5.08. The third kappa shape index (κ3) is 6.30. The molecular formula is C28H34F2N2O4. The quantitative estimate of drug-likeness (QED) is 0.569. The van der Waals surface area contributed by atoms with Crippen LogP contribution in [-0.2, 0) is 4.79 Å². The first kappa shape index (κ1) is 26.3. The van der Waals surface area contributed by atoms with Crippen LogP contribution in [0.2, 0.25) is 0 Å². The molecule has 194 valence electrons. The van der Waals surface area contributed by atoms with Crippen LogP contribution >= 0.6 is 0 Å². The summed E-state index contributed by atoms with van der Waals surface area (Å²) in [6.07, 6.45) is 4.40. The van der Waals surface area contributed by atoms with Gasteiger partial charge in [-0.3, -0.25) is 4.79 Å². The molecule has 0 spiro atoms. The number of amides is 1. The number of benzene rings is 2. The Kier molecular flexibility index (Phi) is 8.39. The number of nitrogens with zero attached hydrogens (tertiary/aromatic N) is 2. The summed E-state index contributed by atoms with van der Waals surface area (Å²) in [6, 6.07) is 11.6. The maximum atomic E-state index is 13.3. The Morgan fingerprint density at radius 1 is 1.08 bits per heavy atom. The number of methoxy groups -OCH3 is 1. The molecule has 36 heavy (non-hydrogen) atoms. The molecule has 1 unspecified atom stereocenters. The molecule has 1 atom stereocenters. The van der Waals surface area contributed by atoms with E-state index >= 15 is 0 Å². The molecule has 0 bridgehead atoms. The molecule has 2 aromatic carbocycles. The van der Waals surface area contributed by atoms with Gasteiger partial charge in [-0.25, -0.2) is 8.78 Å². The van der Waals surface area contributed by atoms with Crippen LogP contribution in [0.4, 0.5) is 8.78 Å². The second kappa shape index (κ2) is 11.5. The zero-order chi connectivity index (χ0) is 25.7. The molecule has 2 fully saturated rings. The van der Waals surface area contributed by atoms with Crippen LogP contribution in [-0.4, -0.2) is 77.5 Å². The van der Waals surface area contributed by atoms with E-state index in [4.69, 9.17) is 4.74 Å². The number of hydrogen-bond donors (Lipinski definition) is 2. The number of hydrogen-bond acceptors (Lipinski definition) is 5. The number of carbonyl (C=O) groups excluding carboxylic acids is 1. The molecule has 4 rings (SSSR count). The van der Waals surface area contributed by atoms with Crippen molar-refractivity contribution in [2.45, 2.75) is 43.3 Å². The molecular weight excluding hydrogens is 466 g/mol. The number of rotatable bonds is 7. The second-order valence-electron chi connectivity index (χ2n) is 9.80. The lowest BCUT2D eigenvalue weighted by atomic mass is 9.84. The number of aliphatic hydroxyl groups is 2. The van der Waals surface area contributed by atoms with E-state index in [2.05, 4.69) is 17.0 Å². The highest BCUT2D eigenvalue weighted by Gasteiger charge is 2.40. The molecule has 1 amide bonds. The van der Waals surface area contributed by atoms with Crippen LogP contribution in [0, 0.1) is 11.6 Å². The van der Waals surface area contributed by atoms with E-state index in [0.717, 1.165) is 43.8 Å². The molecule has 6 nitrogen and oxygen atoms in total. The number of likely N-dealkylation sites (tertiary alicyclic amines) is 2. The number of halogens is 2. The predicted molar refractivity (Wildman–Crippen MR) is 134 cm³/mol. The van der Waals surface area contributed by atoms with Gasteiger partial charge in [0.2, 0.25) is 5.91 Å². The van der Waals surface area contributed by atoms with E-state index in [-0.39, 0.29) is 18.7 Å². The summed E-state index contributed by atoms with van der Waals surface area (Å²) in [4.78, 5) is 16.3. The van der Waals surface area contributed by atoms with Crippen LogP contribution in [0.25, 0.3) is 6.08 Å². The molecule has 2 aromatic rings. The Labute approximate surface area is 210 Å². The average Bonchev–Trinajstić information content (AvgIpc) is 2.90. The summed E-state index contributed by atoms with van der Waals surface area (Å²) in [5, 5.41) is 22.0. The lowest BCUT2D eigenvalue weighted by Crippen LogP contribution is -2.56. The summed E-state index contributed by atoms with van der Waals surface area (Å²) in [7, 11) is 1.66. The third-order valence-corrected chi connectivity index (χ3v) is 7.53. The summed E-state index contributed by atoms with van der Waals surface area (Å²) in [5.74, 6) is -0.849. The second-order valence-corrected chi connectivity index (χ2v) is 9.80. The highest BCUT2D eigenvalue weighted by atomic mass is 19.2. The van der Waals surface area contributed by atoms with Gasteiger partial charge in [0.25, 0.3) is 0 Å². The van der Waals surface area contributed by atoms with Gasteiger partial charge in [-0.2, -0.15) is 0 Å². The number of aliphatic hydroxyl groups excluding tert-OH is 1. The van der Waals surface area contributed by atoms with Gasteiger partial charge < -0.3 is 24.7 Å². The van der Waals surface area contributed by atoms with Crippen molar-refractivity contribution in [3.63, 3.8) is 0 Å². The summed E-state index contributed by atoms with van der Waals surface area (Å²) < 4.78 is 31.6. The minimum Gasteiger partial charge on any atom is -0.497 e. The van der Waals surface area contributed by atoms with E-state index in [1.54, 1.807) is 12.0 Å². The van der Waals surface area contributed by atoms with Gasteiger partial charge in [-0.1, -0.05) is 18.2 Å². The number of carbonyl (C=O) groups is 1. The lowest BCUT2D eigenvalue weighted by molar-refractivity contribution is -0.140. The predicted octanol–water partition coefficient (Wildman–Crippen LogP) is 3.58. The number of piperidine rings is 2. The molecule has 2 heterocycles. The van der Waals surface area contributed by atoms with Gasteiger partial charge in [0.15, 0.2) is 11.6 Å². The van der Waals surface area contributed by atoms with Gasteiger partial charge in [0.1, 0.15) is 5.75 Å². The molecule has 2 N–H and O–H groups in total. The van der Waals surface area contributed by atoms with Crippen molar-refractivity contribution < 1.29 is 28.5 Å². The zero-order valence-electron chi connectivity index (χ0n) is 20.6. The van der Waals surface area contributed by atoms with Crippen LogP contribution in [0.3, 0.4) is 0 Å². The maximum absolute atomic E-state index is 13.3. The van der Waals surface area contributed by atoms with Crippen molar-refractivity contribution in [1.82, 2.24) is 9.80 Å². The van der Waals surface area contributed by atoms with Crippen molar-refractivity contribution in [3.05, 3.63) is 71.3 Å². The monoisotopic (exact) mass is 500 g/mol.